The number of nitrogens with two attached hydrogens (primary N) is 1. The minimum Gasteiger partial charge on any atom is -0.477 e. The minimum absolute atomic E-state index is 0.145. The Hall–Kier alpha value is -1.56. The molecular formula is C13H21N3O3. The van der Waals surface area contributed by atoms with Crippen molar-refractivity contribution < 1.29 is 15.0 Å². The SMILES string of the molecule is CCc1nn([C@H]2CC[C@H](CO)CC2)c(N)c1C(=O)O. The molecule has 0 spiro atoms. The number of rotatable bonds is 4. The number of aromatic nitrogens is 2. The number of aliphatic hydroxyl groups excluding tert-OH is 1. The van der Waals surface area contributed by atoms with Gasteiger partial charge in [-0.2, -0.15) is 5.10 Å². The fourth-order valence-electron chi connectivity index (χ4n) is 2.83. The minimum atomic E-state index is -1.01. The summed E-state index contributed by atoms with van der Waals surface area (Å²) in [5, 5.41) is 22.7. The van der Waals surface area contributed by atoms with Gasteiger partial charge in [0.15, 0.2) is 0 Å². The molecule has 0 aliphatic heterocycles. The molecule has 0 radical (unpaired) electrons. The van der Waals surface area contributed by atoms with Crippen molar-refractivity contribution >= 4 is 11.8 Å². The number of carbonyl (C=O) groups is 1. The lowest BCUT2D eigenvalue weighted by molar-refractivity contribution is 0.0697. The Labute approximate surface area is 112 Å². The third-order valence-corrected chi connectivity index (χ3v) is 3.99. The maximum atomic E-state index is 11.2. The van der Waals surface area contributed by atoms with Crippen LogP contribution in [-0.4, -0.2) is 32.6 Å². The second-order valence-corrected chi connectivity index (χ2v) is 5.17. The first-order valence-electron chi connectivity index (χ1n) is 6.79. The van der Waals surface area contributed by atoms with Crippen LogP contribution in [0.1, 0.15) is 54.7 Å². The average molecular weight is 267 g/mol. The molecule has 6 nitrogen and oxygen atoms in total. The summed E-state index contributed by atoms with van der Waals surface area (Å²) in [4.78, 5) is 11.2. The second kappa shape index (κ2) is 5.61. The molecule has 2 rings (SSSR count). The monoisotopic (exact) mass is 267 g/mol. The molecular weight excluding hydrogens is 246 g/mol. The highest BCUT2D eigenvalue weighted by Crippen LogP contribution is 2.34. The summed E-state index contributed by atoms with van der Waals surface area (Å²) in [7, 11) is 0. The normalized spacial score (nSPS) is 23.5. The molecule has 1 heterocycles. The van der Waals surface area contributed by atoms with Crippen molar-refractivity contribution in [3.8, 4) is 0 Å². The molecule has 1 saturated carbocycles. The van der Waals surface area contributed by atoms with Crippen molar-refractivity contribution in [3.63, 3.8) is 0 Å². The summed E-state index contributed by atoms with van der Waals surface area (Å²) < 4.78 is 1.68. The van der Waals surface area contributed by atoms with Crippen LogP contribution in [0.2, 0.25) is 0 Å². The van der Waals surface area contributed by atoms with Gasteiger partial charge in [-0.15, -0.1) is 0 Å². The van der Waals surface area contributed by atoms with Crippen LogP contribution < -0.4 is 5.73 Å². The molecule has 0 atom stereocenters. The van der Waals surface area contributed by atoms with Crippen molar-refractivity contribution in [1.82, 2.24) is 9.78 Å². The van der Waals surface area contributed by atoms with Crippen LogP contribution in [0.3, 0.4) is 0 Å². The number of nitrogens with zero attached hydrogens (tertiary/aromatic N) is 2. The van der Waals surface area contributed by atoms with E-state index >= 15 is 0 Å². The van der Waals surface area contributed by atoms with Gasteiger partial charge in [0.2, 0.25) is 0 Å². The van der Waals surface area contributed by atoms with E-state index in [0.717, 1.165) is 25.7 Å². The van der Waals surface area contributed by atoms with Crippen LogP contribution in [0, 0.1) is 5.92 Å². The Morgan fingerprint density at radius 1 is 1.42 bits per heavy atom. The van der Waals surface area contributed by atoms with E-state index < -0.39 is 5.97 Å². The third-order valence-electron chi connectivity index (χ3n) is 3.99. The number of carboxylic acid groups (broad SMARTS) is 1. The zero-order valence-corrected chi connectivity index (χ0v) is 11.2. The Kier molecular flexibility index (Phi) is 4.09. The number of aliphatic hydroxyl groups is 1. The Morgan fingerprint density at radius 2 is 2.05 bits per heavy atom. The number of aryl methyl sites for hydroxylation is 1. The lowest BCUT2D eigenvalue weighted by atomic mass is 9.86. The maximum Gasteiger partial charge on any atom is 0.341 e. The van der Waals surface area contributed by atoms with Crippen LogP contribution in [0.4, 0.5) is 5.82 Å². The van der Waals surface area contributed by atoms with E-state index in [-0.39, 0.29) is 24.0 Å². The van der Waals surface area contributed by atoms with E-state index in [1.807, 2.05) is 6.92 Å². The molecule has 1 aromatic rings. The molecule has 0 bridgehead atoms. The second-order valence-electron chi connectivity index (χ2n) is 5.17. The molecule has 4 N–H and O–H groups in total. The van der Waals surface area contributed by atoms with Crippen LogP contribution >= 0.6 is 0 Å². The van der Waals surface area contributed by atoms with Gasteiger partial charge in [0, 0.05) is 6.61 Å². The average Bonchev–Trinajstić information content (AvgIpc) is 2.76. The molecule has 0 unspecified atom stereocenters. The standard InChI is InChI=1S/C13H21N3O3/c1-2-10-11(13(18)19)12(14)16(15-10)9-5-3-8(7-17)4-6-9/h8-9,17H,2-7,14H2,1H3,(H,18,19)/t8-,9-. The highest BCUT2D eigenvalue weighted by Gasteiger charge is 2.27. The molecule has 19 heavy (non-hydrogen) atoms. The largest absolute Gasteiger partial charge is 0.477 e. The van der Waals surface area contributed by atoms with E-state index in [1.54, 1.807) is 4.68 Å². The molecule has 1 fully saturated rings. The van der Waals surface area contributed by atoms with Gasteiger partial charge in [0.05, 0.1) is 11.7 Å². The van der Waals surface area contributed by atoms with Crippen LogP contribution in [0.15, 0.2) is 0 Å². The first-order chi connectivity index (χ1) is 9.08. The molecule has 1 aliphatic rings. The quantitative estimate of drug-likeness (QED) is 0.766. The first-order valence-corrected chi connectivity index (χ1v) is 6.79. The van der Waals surface area contributed by atoms with Crippen LogP contribution in [-0.2, 0) is 6.42 Å². The summed E-state index contributed by atoms with van der Waals surface area (Å²) in [5.41, 5.74) is 6.64. The van der Waals surface area contributed by atoms with Gasteiger partial charge in [0.1, 0.15) is 11.4 Å². The zero-order chi connectivity index (χ0) is 14.0. The fourth-order valence-corrected chi connectivity index (χ4v) is 2.83. The van der Waals surface area contributed by atoms with E-state index in [0.29, 0.717) is 18.0 Å². The van der Waals surface area contributed by atoms with E-state index in [9.17, 15) is 9.90 Å². The first kappa shape index (κ1) is 13.9. The number of aromatic carboxylic acids is 1. The number of nitrogen functional groups attached to an aromatic ring is 1. The van der Waals surface area contributed by atoms with Gasteiger partial charge in [-0.1, -0.05) is 6.92 Å². The van der Waals surface area contributed by atoms with Crippen molar-refractivity contribution in [2.45, 2.75) is 45.1 Å². The highest BCUT2D eigenvalue weighted by atomic mass is 16.4. The number of carboxylic acids is 1. The van der Waals surface area contributed by atoms with Crippen molar-refractivity contribution in [2.24, 2.45) is 5.92 Å². The number of anilines is 1. The molecule has 0 saturated heterocycles. The van der Waals surface area contributed by atoms with Gasteiger partial charge < -0.3 is 15.9 Å². The smallest absolute Gasteiger partial charge is 0.341 e. The summed E-state index contributed by atoms with van der Waals surface area (Å²) >= 11 is 0. The van der Waals surface area contributed by atoms with Crippen molar-refractivity contribution in [2.75, 3.05) is 12.3 Å². The predicted molar refractivity (Wildman–Crippen MR) is 71.1 cm³/mol. The van der Waals surface area contributed by atoms with Crippen LogP contribution in [0.5, 0.6) is 0 Å². The molecule has 1 aliphatic carbocycles. The summed E-state index contributed by atoms with van der Waals surface area (Å²) in [5.74, 6) is -0.390. The lowest BCUT2D eigenvalue weighted by Gasteiger charge is -2.28. The van der Waals surface area contributed by atoms with E-state index in [1.165, 1.54) is 0 Å². The Bertz CT molecular complexity index is 462. The summed E-state index contributed by atoms with van der Waals surface area (Å²) in [6.07, 6.45) is 4.21. The Morgan fingerprint density at radius 3 is 2.47 bits per heavy atom. The fraction of sp³-hybridized carbons (Fsp3) is 0.692. The topological polar surface area (TPSA) is 101 Å². The molecule has 1 aromatic heterocycles. The summed E-state index contributed by atoms with van der Waals surface area (Å²) in [6, 6.07) is 0.154. The molecule has 0 amide bonds. The van der Waals surface area contributed by atoms with Crippen LogP contribution in [0.25, 0.3) is 0 Å². The van der Waals surface area contributed by atoms with Gasteiger partial charge in [0.25, 0.3) is 0 Å². The molecule has 0 aromatic carbocycles. The molecule has 6 heteroatoms. The highest BCUT2D eigenvalue weighted by molar-refractivity contribution is 5.94. The van der Waals surface area contributed by atoms with E-state index in [4.69, 9.17) is 10.8 Å². The number of hydrogen-bond acceptors (Lipinski definition) is 4. The van der Waals surface area contributed by atoms with E-state index in [2.05, 4.69) is 5.10 Å². The lowest BCUT2D eigenvalue weighted by Crippen LogP contribution is -2.22. The van der Waals surface area contributed by atoms with Gasteiger partial charge in [-0.05, 0) is 38.0 Å². The molecule has 106 valence electrons. The predicted octanol–water partition coefficient (Wildman–Crippen LogP) is 1.45. The van der Waals surface area contributed by atoms with Gasteiger partial charge >= 0.3 is 5.97 Å². The third kappa shape index (κ3) is 2.58. The zero-order valence-electron chi connectivity index (χ0n) is 11.2. The van der Waals surface area contributed by atoms with Crippen molar-refractivity contribution in [3.05, 3.63) is 11.3 Å². The summed E-state index contributed by atoms with van der Waals surface area (Å²) in [6.45, 7) is 2.10. The maximum absolute atomic E-state index is 11.2. The Balaban J connectivity index is 2.24. The van der Waals surface area contributed by atoms with Crippen molar-refractivity contribution in [1.29, 1.82) is 0 Å². The van der Waals surface area contributed by atoms with Gasteiger partial charge in [-0.25, -0.2) is 9.48 Å². The number of hydrogen-bond donors (Lipinski definition) is 3. The van der Waals surface area contributed by atoms with Gasteiger partial charge in [-0.3, -0.25) is 0 Å².